The Labute approximate surface area is 121 Å². The summed E-state index contributed by atoms with van der Waals surface area (Å²) in [5, 5.41) is 13.5. The number of anilines is 1. The number of fused-ring (bicyclic) bond motifs is 1. The molecule has 0 aliphatic heterocycles. The monoisotopic (exact) mass is 275 g/mol. The van der Waals surface area contributed by atoms with Crippen LogP contribution in [-0.2, 0) is 12.8 Å². The van der Waals surface area contributed by atoms with E-state index in [9.17, 15) is 5.11 Å². The number of aromatic nitrogens is 2. The van der Waals surface area contributed by atoms with Crippen LogP contribution in [-0.4, -0.2) is 27.2 Å². The molecule has 0 spiro atoms. The first-order valence-corrected chi connectivity index (χ1v) is 7.94. The van der Waals surface area contributed by atoms with Crippen molar-refractivity contribution in [3.05, 3.63) is 17.6 Å². The highest BCUT2D eigenvalue weighted by atomic mass is 16.3. The molecule has 4 nitrogen and oxygen atoms in total. The lowest BCUT2D eigenvalue weighted by Crippen LogP contribution is -2.46. The average molecular weight is 275 g/mol. The van der Waals surface area contributed by atoms with Crippen LogP contribution in [0.15, 0.2) is 6.33 Å². The van der Waals surface area contributed by atoms with E-state index in [1.54, 1.807) is 6.33 Å². The van der Waals surface area contributed by atoms with Crippen molar-refractivity contribution in [3.63, 3.8) is 0 Å². The van der Waals surface area contributed by atoms with Crippen molar-refractivity contribution in [2.24, 2.45) is 5.92 Å². The molecule has 1 aromatic heterocycles. The van der Waals surface area contributed by atoms with E-state index in [2.05, 4.69) is 22.2 Å². The molecule has 2 atom stereocenters. The lowest BCUT2D eigenvalue weighted by molar-refractivity contribution is 0.149. The molecule has 1 aromatic rings. The van der Waals surface area contributed by atoms with Crippen LogP contribution in [0.2, 0.25) is 0 Å². The molecule has 0 bridgehead atoms. The van der Waals surface area contributed by atoms with Gasteiger partial charge >= 0.3 is 0 Å². The zero-order valence-electron chi connectivity index (χ0n) is 12.4. The largest absolute Gasteiger partial charge is 0.394 e. The Morgan fingerprint density at radius 2 is 2.15 bits per heavy atom. The maximum absolute atomic E-state index is 9.92. The maximum atomic E-state index is 9.92. The van der Waals surface area contributed by atoms with Gasteiger partial charge in [-0.05, 0) is 44.4 Å². The summed E-state index contributed by atoms with van der Waals surface area (Å²) in [6.45, 7) is 2.47. The molecule has 2 unspecified atom stereocenters. The first-order valence-electron chi connectivity index (χ1n) is 7.94. The molecule has 0 radical (unpaired) electrons. The summed E-state index contributed by atoms with van der Waals surface area (Å²) in [7, 11) is 0. The summed E-state index contributed by atoms with van der Waals surface area (Å²) in [5.41, 5.74) is 2.30. The smallest absolute Gasteiger partial charge is 0.133 e. The lowest BCUT2D eigenvalue weighted by atomic mass is 9.76. The van der Waals surface area contributed by atoms with Gasteiger partial charge in [-0.3, -0.25) is 0 Å². The van der Waals surface area contributed by atoms with Crippen LogP contribution < -0.4 is 5.32 Å². The van der Waals surface area contributed by atoms with E-state index in [4.69, 9.17) is 0 Å². The number of nitrogens with one attached hydrogen (secondary N) is 1. The van der Waals surface area contributed by atoms with Gasteiger partial charge in [0.2, 0.25) is 0 Å². The van der Waals surface area contributed by atoms with Crippen LogP contribution in [0.4, 0.5) is 5.82 Å². The molecule has 1 heterocycles. The van der Waals surface area contributed by atoms with Crippen molar-refractivity contribution in [2.45, 2.75) is 63.8 Å². The Hall–Kier alpha value is -1.16. The Balaban J connectivity index is 1.86. The molecule has 110 valence electrons. The molecule has 4 heteroatoms. The molecule has 0 amide bonds. The van der Waals surface area contributed by atoms with E-state index in [1.807, 2.05) is 0 Å². The second-order valence-corrected chi connectivity index (χ2v) is 6.62. The molecule has 20 heavy (non-hydrogen) atoms. The van der Waals surface area contributed by atoms with Crippen molar-refractivity contribution in [1.29, 1.82) is 0 Å². The van der Waals surface area contributed by atoms with Gasteiger partial charge in [0.1, 0.15) is 12.1 Å². The van der Waals surface area contributed by atoms with E-state index in [0.29, 0.717) is 5.92 Å². The Bertz CT molecular complexity index is 477. The zero-order chi connectivity index (χ0) is 14.0. The Morgan fingerprint density at radius 3 is 2.95 bits per heavy atom. The SMILES string of the molecule is CC1CCCC(CO)(Nc2ncnc3c2CCCC3)C1. The van der Waals surface area contributed by atoms with E-state index >= 15 is 0 Å². The number of aliphatic hydroxyl groups is 1. The molecular formula is C16H25N3O. The van der Waals surface area contributed by atoms with Crippen molar-refractivity contribution in [1.82, 2.24) is 9.97 Å². The number of nitrogens with zero attached hydrogens (tertiary/aromatic N) is 2. The molecule has 2 N–H and O–H groups in total. The zero-order valence-corrected chi connectivity index (χ0v) is 12.4. The average Bonchev–Trinajstić information content (AvgIpc) is 2.48. The normalized spacial score (nSPS) is 29.8. The van der Waals surface area contributed by atoms with Crippen molar-refractivity contribution < 1.29 is 5.11 Å². The number of aliphatic hydroxyl groups excluding tert-OH is 1. The highest BCUT2D eigenvalue weighted by Crippen LogP contribution is 2.36. The predicted octanol–water partition coefficient (Wildman–Crippen LogP) is 2.71. The van der Waals surface area contributed by atoms with Gasteiger partial charge in [-0.1, -0.05) is 19.8 Å². The van der Waals surface area contributed by atoms with Gasteiger partial charge in [-0.25, -0.2) is 9.97 Å². The summed E-state index contributed by atoms with van der Waals surface area (Å²) in [4.78, 5) is 8.89. The van der Waals surface area contributed by atoms with Crippen molar-refractivity contribution in [2.75, 3.05) is 11.9 Å². The summed E-state index contributed by atoms with van der Waals surface area (Å²) in [6.07, 6.45) is 10.8. The van der Waals surface area contributed by atoms with Crippen LogP contribution in [0.25, 0.3) is 0 Å². The van der Waals surface area contributed by atoms with Crippen molar-refractivity contribution >= 4 is 5.82 Å². The topological polar surface area (TPSA) is 58.0 Å². The van der Waals surface area contributed by atoms with Crippen LogP contribution in [0, 0.1) is 5.92 Å². The van der Waals surface area contributed by atoms with Gasteiger partial charge in [0.05, 0.1) is 12.1 Å². The fourth-order valence-electron chi connectivity index (χ4n) is 3.84. The standard InChI is InChI=1S/C16H25N3O/c1-12-5-4-8-16(9-12,10-20)19-15-13-6-2-3-7-14(13)17-11-18-15/h11-12,20H,2-10H2,1H3,(H,17,18,19). The molecule has 3 rings (SSSR count). The fourth-order valence-corrected chi connectivity index (χ4v) is 3.84. The molecule has 0 saturated heterocycles. The second-order valence-electron chi connectivity index (χ2n) is 6.62. The first kappa shape index (κ1) is 13.8. The van der Waals surface area contributed by atoms with E-state index in [0.717, 1.165) is 31.5 Å². The van der Waals surface area contributed by atoms with E-state index in [1.165, 1.54) is 36.9 Å². The van der Waals surface area contributed by atoms with Gasteiger partial charge in [0.15, 0.2) is 0 Å². The summed E-state index contributed by atoms with van der Waals surface area (Å²) >= 11 is 0. The van der Waals surface area contributed by atoms with Crippen LogP contribution in [0.1, 0.15) is 56.7 Å². The minimum absolute atomic E-state index is 0.183. The third kappa shape index (κ3) is 2.66. The molecular weight excluding hydrogens is 250 g/mol. The molecule has 0 aromatic carbocycles. The molecule has 1 saturated carbocycles. The number of rotatable bonds is 3. The number of hydrogen-bond acceptors (Lipinski definition) is 4. The molecule has 2 aliphatic rings. The fraction of sp³-hybridized carbons (Fsp3) is 0.750. The van der Waals surface area contributed by atoms with Gasteiger partial charge < -0.3 is 10.4 Å². The minimum atomic E-state index is -0.183. The van der Waals surface area contributed by atoms with Gasteiger partial charge in [-0.2, -0.15) is 0 Å². The van der Waals surface area contributed by atoms with E-state index in [-0.39, 0.29) is 12.1 Å². The van der Waals surface area contributed by atoms with Crippen molar-refractivity contribution in [3.8, 4) is 0 Å². The van der Waals surface area contributed by atoms with E-state index < -0.39 is 0 Å². The number of hydrogen-bond donors (Lipinski definition) is 2. The van der Waals surface area contributed by atoms with Gasteiger partial charge in [0, 0.05) is 11.3 Å². The Kier molecular flexibility index (Phi) is 3.92. The third-order valence-corrected chi connectivity index (χ3v) is 4.90. The van der Waals surface area contributed by atoms with Crippen LogP contribution in [0.5, 0.6) is 0 Å². The second kappa shape index (κ2) is 5.68. The van der Waals surface area contributed by atoms with Gasteiger partial charge in [-0.15, -0.1) is 0 Å². The lowest BCUT2D eigenvalue weighted by Gasteiger charge is -2.40. The predicted molar refractivity (Wildman–Crippen MR) is 79.7 cm³/mol. The Morgan fingerprint density at radius 1 is 1.30 bits per heavy atom. The van der Waals surface area contributed by atoms with Gasteiger partial charge in [0.25, 0.3) is 0 Å². The summed E-state index contributed by atoms with van der Waals surface area (Å²) in [6, 6.07) is 0. The summed E-state index contributed by atoms with van der Waals surface area (Å²) < 4.78 is 0. The van der Waals surface area contributed by atoms with Crippen LogP contribution in [0.3, 0.4) is 0 Å². The highest BCUT2D eigenvalue weighted by molar-refractivity contribution is 5.49. The molecule has 1 fully saturated rings. The number of aryl methyl sites for hydroxylation is 1. The maximum Gasteiger partial charge on any atom is 0.133 e. The quantitative estimate of drug-likeness (QED) is 0.890. The third-order valence-electron chi connectivity index (χ3n) is 4.90. The minimum Gasteiger partial charge on any atom is -0.394 e. The molecule has 2 aliphatic carbocycles. The first-order chi connectivity index (χ1) is 9.72. The summed E-state index contributed by atoms with van der Waals surface area (Å²) in [5.74, 6) is 1.64. The highest BCUT2D eigenvalue weighted by Gasteiger charge is 2.35. The van der Waals surface area contributed by atoms with Crippen LogP contribution >= 0.6 is 0 Å².